The normalized spacial score (nSPS) is 19.2. The molecule has 102 valence electrons. The maximum absolute atomic E-state index is 12.6. The molecule has 0 amide bonds. The molecular formula is C11H24NO4P. The molecule has 0 aliphatic carbocycles. The third-order valence-electron chi connectivity index (χ3n) is 1.79. The van der Waals surface area contributed by atoms with Crippen LogP contribution in [0.2, 0.25) is 0 Å². The van der Waals surface area contributed by atoms with Crippen molar-refractivity contribution in [3.8, 4) is 0 Å². The summed E-state index contributed by atoms with van der Waals surface area (Å²) in [5, 5.41) is 3.05. The minimum absolute atomic E-state index is 0.0921. The van der Waals surface area contributed by atoms with Crippen LogP contribution in [0.5, 0.6) is 0 Å². The van der Waals surface area contributed by atoms with Crippen molar-refractivity contribution in [2.45, 2.75) is 58.8 Å². The number of rotatable bonds is 4. The van der Waals surface area contributed by atoms with Crippen LogP contribution in [0.4, 0.5) is 0 Å². The van der Waals surface area contributed by atoms with Crippen LogP contribution in [-0.2, 0) is 18.1 Å². The Hall–Kier alpha value is 0.0700. The fourth-order valence-corrected chi connectivity index (χ4v) is 3.23. The second-order valence-corrected chi connectivity index (χ2v) is 7.71. The average Bonchev–Trinajstić information content (AvgIpc) is 1.88. The van der Waals surface area contributed by atoms with Gasteiger partial charge in [-0.2, -0.15) is 0 Å². The molecular weight excluding hydrogens is 241 g/mol. The summed E-state index contributed by atoms with van der Waals surface area (Å²) in [6, 6.07) is 0. The molecule has 0 saturated carbocycles. The van der Waals surface area contributed by atoms with Crippen LogP contribution in [0.3, 0.4) is 0 Å². The lowest BCUT2D eigenvalue weighted by molar-refractivity contribution is -0.0190. The van der Waals surface area contributed by atoms with E-state index in [1.807, 2.05) is 41.5 Å². The van der Waals surface area contributed by atoms with Gasteiger partial charge in [0.05, 0.1) is 17.3 Å². The van der Waals surface area contributed by atoms with Crippen LogP contribution >= 0.6 is 7.82 Å². The molecule has 1 aliphatic heterocycles. The van der Waals surface area contributed by atoms with Crippen molar-refractivity contribution in [1.29, 1.82) is 0 Å². The Morgan fingerprint density at radius 2 is 1.41 bits per heavy atom. The summed E-state index contributed by atoms with van der Waals surface area (Å²) in [5.74, 6) is 0. The monoisotopic (exact) mass is 265 g/mol. The van der Waals surface area contributed by atoms with Crippen molar-refractivity contribution in [1.82, 2.24) is 5.32 Å². The molecule has 1 fully saturated rings. The van der Waals surface area contributed by atoms with Crippen molar-refractivity contribution >= 4 is 7.82 Å². The van der Waals surface area contributed by atoms with E-state index in [1.165, 1.54) is 0 Å². The van der Waals surface area contributed by atoms with E-state index >= 15 is 0 Å². The van der Waals surface area contributed by atoms with Gasteiger partial charge in [0, 0.05) is 13.1 Å². The fourth-order valence-electron chi connectivity index (χ4n) is 1.25. The van der Waals surface area contributed by atoms with Gasteiger partial charge in [-0.05, 0) is 41.5 Å². The summed E-state index contributed by atoms with van der Waals surface area (Å²) in [5.41, 5.74) is -1.14. The number of phosphoric ester groups is 1. The first-order valence-corrected chi connectivity index (χ1v) is 7.36. The molecule has 17 heavy (non-hydrogen) atoms. The van der Waals surface area contributed by atoms with Gasteiger partial charge in [0.1, 0.15) is 0 Å². The van der Waals surface area contributed by atoms with Crippen LogP contribution in [0, 0.1) is 0 Å². The van der Waals surface area contributed by atoms with Crippen molar-refractivity contribution in [3.63, 3.8) is 0 Å². The molecule has 1 N–H and O–H groups in total. The molecule has 0 atom stereocenters. The van der Waals surface area contributed by atoms with Crippen LogP contribution in [-0.4, -0.2) is 30.4 Å². The van der Waals surface area contributed by atoms with E-state index in [9.17, 15) is 4.57 Å². The minimum atomic E-state index is -3.52. The zero-order valence-corrected chi connectivity index (χ0v) is 12.5. The van der Waals surface area contributed by atoms with Crippen LogP contribution in [0.25, 0.3) is 0 Å². The lowest BCUT2D eigenvalue weighted by atomic mass is 10.2. The molecule has 0 aromatic rings. The van der Waals surface area contributed by atoms with E-state index in [2.05, 4.69) is 5.32 Å². The largest absolute Gasteiger partial charge is 0.476 e. The van der Waals surface area contributed by atoms with E-state index in [-0.39, 0.29) is 6.10 Å². The number of phosphoric acid groups is 1. The second kappa shape index (κ2) is 4.98. The van der Waals surface area contributed by atoms with Gasteiger partial charge in [0.2, 0.25) is 0 Å². The van der Waals surface area contributed by atoms with Crippen LogP contribution in [0.15, 0.2) is 0 Å². The zero-order valence-electron chi connectivity index (χ0n) is 11.6. The minimum Gasteiger partial charge on any atom is -0.311 e. The Labute approximate surface area is 104 Å². The van der Waals surface area contributed by atoms with E-state index < -0.39 is 19.0 Å². The molecule has 0 radical (unpaired) electrons. The highest BCUT2D eigenvalue weighted by molar-refractivity contribution is 7.48. The summed E-state index contributed by atoms with van der Waals surface area (Å²) >= 11 is 0. The van der Waals surface area contributed by atoms with Crippen molar-refractivity contribution in [2.75, 3.05) is 13.1 Å². The van der Waals surface area contributed by atoms with Crippen LogP contribution in [0.1, 0.15) is 41.5 Å². The van der Waals surface area contributed by atoms with Crippen molar-refractivity contribution in [3.05, 3.63) is 0 Å². The van der Waals surface area contributed by atoms with E-state index in [1.54, 1.807) is 0 Å². The van der Waals surface area contributed by atoms with E-state index in [4.69, 9.17) is 13.6 Å². The summed E-state index contributed by atoms with van der Waals surface area (Å²) in [7, 11) is -3.52. The predicted octanol–water partition coefficient (Wildman–Crippen LogP) is 2.71. The molecule has 0 spiro atoms. The first-order chi connectivity index (χ1) is 7.49. The molecule has 6 heteroatoms. The maximum Gasteiger partial charge on any atom is 0.476 e. The standard InChI is InChI=1S/C11H24NO4P/c1-10(2,3)15-17(13,16-11(4,5)6)14-9-7-12-8-9/h9,12H,7-8H2,1-6H3. The molecule has 0 unspecified atom stereocenters. The van der Waals surface area contributed by atoms with Gasteiger partial charge in [-0.3, -0.25) is 13.6 Å². The molecule has 5 nitrogen and oxygen atoms in total. The molecule has 0 aromatic carbocycles. The average molecular weight is 265 g/mol. The van der Waals surface area contributed by atoms with E-state index in [0.29, 0.717) is 13.1 Å². The lowest BCUT2D eigenvalue weighted by Crippen LogP contribution is -2.48. The SMILES string of the molecule is CC(C)(C)OP(=O)(OC1CNC1)OC(C)(C)C. The third-order valence-corrected chi connectivity index (χ3v) is 3.89. The van der Waals surface area contributed by atoms with Gasteiger partial charge >= 0.3 is 7.82 Å². The predicted molar refractivity (Wildman–Crippen MR) is 67.0 cm³/mol. The number of nitrogens with one attached hydrogen (secondary N) is 1. The number of hydrogen-bond acceptors (Lipinski definition) is 5. The highest BCUT2D eigenvalue weighted by atomic mass is 31.2. The van der Waals surface area contributed by atoms with Gasteiger partial charge in [0.25, 0.3) is 0 Å². The molecule has 0 bridgehead atoms. The Kier molecular flexibility index (Phi) is 4.43. The lowest BCUT2D eigenvalue weighted by Gasteiger charge is -2.35. The van der Waals surface area contributed by atoms with Gasteiger partial charge in [-0.15, -0.1) is 0 Å². The Balaban J connectivity index is 2.72. The van der Waals surface area contributed by atoms with Crippen molar-refractivity contribution in [2.24, 2.45) is 0 Å². The van der Waals surface area contributed by atoms with Crippen LogP contribution < -0.4 is 5.32 Å². The maximum atomic E-state index is 12.6. The Morgan fingerprint density at radius 3 is 1.65 bits per heavy atom. The topological polar surface area (TPSA) is 56.8 Å². The second-order valence-electron chi connectivity index (χ2n) is 6.24. The molecule has 0 aromatic heterocycles. The fraction of sp³-hybridized carbons (Fsp3) is 1.00. The highest BCUT2D eigenvalue weighted by Crippen LogP contribution is 2.56. The first kappa shape index (κ1) is 15.1. The molecule has 1 saturated heterocycles. The van der Waals surface area contributed by atoms with Gasteiger partial charge < -0.3 is 5.32 Å². The first-order valence-electron chi connectivity index (χ1n) is 5.90. The Morgan fingerprint density at radius 1 is 1.00 bits per heavy atom. The summed E-state index contributed by atoms with van der Waals surface area (Å²) < 4.78 is 29.0. The van der Waals surface area contributed by atoms with E-state index in [0.717, 1.165) is 0 Å². The van der Waals surface area contributed by atoms with Gasteiger partial charge in [-0.25, -0.2) is 4.57 Å². The van der Waals surface area contributed by atoms with Gasteiger partial charge in [0.15, 0.2) is 0 Å². The highest BCUT2D eigenvalue weighted by Gasteiger charge is 2.40. The quantitative estimate of drug-likeness (QED) is 0.792. The Bertz CT molecular complexity index is 282. The smallest absolute Gasteiger partial charge is 0.311 e. The van der Waals surface area contributed by atoms with Gasteiger partial charge in [-0.1, -0.05) is 0 Å². The summed E-state index contributed by atoms with van der Waals surface area (Å²) in [6.07, 6.45) is -0.0921. The summed E-state index contributed by atoms with van der Waals surface area (Å²) in [6.45, 7) is 12.3. The summed E-state index contributed by atoms with van der Waals surface area (Å²) in [4.78, 5) is 0. The molecule has 1 aliphatic rings. The van der Waals surface area contributed by atoms with Crippen molar-refractivity contribution < 1.29 is 18.1 Å². The number of hydrogen-bond donors (Lipinski definition) is 1. The molecule has 1 heterocycles. The third kappa shape index (κ3) is 5.98. The molecule has 1 rings (SSSR count). The zero-order chi connectivity index (χ0) is 13.3.